The number of nitrogens with zero attached hydrogens (tertiary/aromatic N) is 1. The third kappa shape index (κ3) is 1.76. The number of anilines is 1. The van der Waals surface area contributed by atoms with Crippen molar-refractivity contribution < 1.29 is 0 Å². The summed E-state index contributed by atoms with van der Waals surface area (Å²) in [5.41, 5.74) is 10.0. The predicted molar refractivity (Wildman–Crippen MR) is 69.8 cm³/mol. The van der Waals surface area contributed by atoms with Crippen LogP contribution in [0, 0.1) is 0 Å². The van der Waals surface area contributed by atoms with Crippen molar-refractivity contribution in [2.45, 2.75) is 6.42 Å². The number of nitrogen functional groups attached to an aromatic ring is 1. The molecule has 0 unspecified atom stereocenters. The Kier molecular flexibility index (Phi) is 2.29. The highest BCUT2D eigenvalue weighted by Gasteiger charge is 2.08. The van der Waals surface area contributed by atoms with Gasteiger partial charge in [0, 0.05) is 23.2 Å². The van der Waals surface area contributed by atoms with Crippen LogP contribution >= 0.6 is 0 Å². The quantitative estimate of drug-likeness (QED) is 0.656. The Morgan fingerprint density at radius 2 is 1.82 bits per heavy atom. The molecule has 17 heavy (non-hydrogen) atoms. The van der Waals surface area contributed by atoms with Gasteiger partial charge in [0.2, 0.25) is 0 Å². The average Bonchev–Trinajstić information content (AvgIpc) is 2.75. The van der Waals surface area contributed by atoms with E-state index in [-0.39, 0.29) is 0 Å². The van der Waals surface area contributed by atoms with Gasteiger partial charge in [0.25, 0.3) is 0 Å². The van der Waals surface area contributed by atoms with Crippen LogP contribution in [0.3, 0.4) is 0 Å². The second-order valence-electron chi connectivity index (χ2n) is 4.11. The Morgan fingerprint density at radius 3 is 2.65 bits per heavy atom. The molecule has 3 N–H and O–H groups in total. The van der Waals surface area contributed by atoms with Crippen LogP contribution in [0.2, 0.25) is 0 Å². The van der Waals surface area contributed by atoms with Crippen molar-refractivity contribution in [1.29, 1.82) is 0 Å². The molecule has 1 heterocycles. The molecule has 0 aliphatic heterocycles. The maximum Gasteiger partial charge on any atom is 0.0944 e. The van der Waals surface area contributed by atoms with E-state index in [0.29, 0.717) is 0 Å². The molecule has 3 aromatic rings. The number of rotatable bonds is 2. The van der Waals surface area contributed by atoms with E-state index in [1.807, 2.05) is 36.4 Å². The minimum atomic E-state index is 0.780. The zero-order valence-electron chi connectivity index (χ0n) is 9.35. The summed E-state index contributed by atoms with van der Waals surface area (Å²) in [5.74, 6) is 0. The van der Waals surface area contributed by atoms with Crippen molar-refractivity contribution in [1.82, 2.24) is 10.2 Å². The number of benzene rings is 2. The van der Waals surface area contributed by atoms with Crippen molar-refractivity contribution in [3.8, 4) is 0 Å². The number of hydrogen-bond acceptors (Lipinski definition) is 2. The minimum absolute atomic E-state index is 0.780. The van der Waals surface area contributed by atoms with E-state index < -0.39 is 0 Å². The Labute approximate surface area is 99.3 Å². The molecular weight excluding hydrogens is 210 g/mol. The van der Waals surface area contributed by atoms with Crippen molar-refractivity contribution in [2.24, 2.45) is 0 Å². The van der Waals surface area contributed by atoms with Gasteiger partial charge in [-0.3, -0.25) is 5.10 Å². The van der Waals surface area contributed by atoms with Crippen LogP contribution in [0.1, 0.15) is 11.3 Å². The van der Waals surface area contributed by atoms with Gasteiger partial charge in [-0.25, -0.2) is 0 Å². The Balaban J connectivity index is 2.07. The van der Waals surface area contributed by atoms with E-state index in [4.69, 9.17) is 5.73 Å². The number of nitrogens with two attached hydrogens (primary N) is 1. The lowest BCUT2D eigenvalue weighted by atomic mass is 10.1. The Bertz CT molecular complexity index is 641. The zero-order chi connectivity index (χ0) is 11.7. The molecule has 0 saturated carbocycles. The zero-order valence-corrected chi connectivity index (χ0v) is 9.35. The monoisotopic (exact) mass is 223 g/mol. The lowest BCUT2D eigenvalue weighted by Gasteiger charge is -2.01. The van der Waals surface area contributed by atoms with Gasteiger partial charge < -0.3 is 5.73 Å². The molecule has 0 bridgehead atoms. The number of aromatic nitrogens is 2. The van der Waals surface area contributed by atoms with Gasteiger partial charge in [0.15, 0.2) is 0 Å². The van der Waals surface area contributed by atoms with E-state index in [0.717, 1.165) is 28.7 Å². The first-order valence-corrected chi connectivity index (χ1v) is 5.60. The van der Waals surface area contributed by atoms with Gasteiger partial charge in [-0.1, -0.05) is 36.4 Å². The summed E-state index contributed by atoms with van der Waals surface area (Å²) in [6.45, 7) is 0. The van der Waals surface area contributed by atoms with Gasteiger partial charge in [-0.05, 0) is 17.7 Å². The van der Waals surface area contributed by atoms with E-state index in [1.54, 1.807) is 0 Å². The first-order chi connectivity index (χ1) is 8.34. The van der Waals surface area contributed by atoms with Gasteiger partial charge in [0.1, 0.15) is 0 Å². The van der Waals surface area contributed by atoms with E-state index in [2.05, 4.69) is 22.3 Å². The van der Waals surface area contributed by atoms with Crippen LogP contribution in [0.15, 0.2) is 48.5 Å². The van der Waals surface area contributed by atoms with Crippen molar-refractivity contribution in [3.63, 3.8) is 0 Å². The second-order valence-corrected chi connectivity index (χ2v) is 4.11. The van der Waals surface area contributed by atoms with Crippen LogP contribution in [-0.4, -0.2) is 10.2 Å². The molecule has 0 amide bonds. The highest BCUT2D eigenvalue weighted by Crippen LogP contribution is 2.24. The normalized spacial score (nSPS) is 10.8. The third-order valence-corrected chi connectivity index (χ3v) is 2.91. The molecule has 0 aliphatic carbocycles. The van der Waals surface area contributed by atoms with Gasteiger partial charge in [-0.15, -0.1) is 0 Å². The summed E-state index contributed by atoms with van der Waals surface area (Å²) in [5, 5.41) is 8.38. The van der Waals surface area contributed by atoms with Gasteiger partial charge >= 0.3 is 0 Å². The summed E-state index contributed by atoms with van der Waals surface area (Å²) in [6.07, 6.45) is 0.825. The molecule has 0 aliphatic rings. The molecule has 84 valence electrons. The fraction of sp³-hybridized carbons (Fsp3) is 0.0714. The maximum absolute atomic E-state index is 6.00. The number of fused-ring (bicyclic) bond motifs is 1. The maximum atomic E-state index is 6.00. The molecule has 3 nitrogen and oxygen atoms in total. The third-order valence-electron chi connectivity index (χ3n) is 2.91. The van der Waals surface area contributed by atoms with Gasteiger partial charge in [0.05, 0.1) is 5.52 Å². The van der Waals surface area contributed by atoms with Crippen molar-refractivity contribution in [2.75, 3.05) is 5.73 Å². The fourth-order valence-electron chi connectivity index (χ4n) is 2.09. The average molecular weight is 223 g/mol. The number of nitrogens with one attached hydrogen (secondary N) is 1. The summed E-state index contributed by atoms with van der Waals surface area (Å²) in [4.78, 5) is 0. The number of H-pyrrole nitrogens is 1. The number of hydrogen-bond donors (Lipinski definition) is 2. The standard InChI is InChI=1S/C14H13N3/c15-11-7-4-8-12-14(11)13(17-16-12)9-10-5-2-1-3-6-10/h1-8H,9,15H2,(H,16,17). The fourth-order valence-corrected chi connectivity index (χ4v) is 2.09. The topological polar surface area (TPSA) is 54.7 Å². The summed E-state index contributed by atoms with van der Waals surface area (Å²) >= 11 is 0. The molecule has 0 radical (unpaired) electrons. The largest absolute Gasteiger partial charge is 0.398 e. The van der Waals surface area contributed by atoms with Gasteiger partial charge in [-0.2, -0.15) is 5.10 Å². The number of aromatic amines is 1. The highest BCUT2D eigenvalue weighted by molar-refractivity contribution is 5.92. The van der Waals surface area contributed by atoms with Crippen LogP contribution in [-0.2, 0) is 6.42 Å². The summed E-state index contributed by atoms with van der Waals surface area (Å²) in [6, 6.07) is 16.1. The van der Waals surface area contributed by atoms with E-state index in [1.165, 1.54) is 5.56 Å². The molecule has 1 aromatic heterocycles. The van der Waals surface area contributed by atoms with Crippen LogP contribution < -0.4 is 5.73 Å². The molecule has 0 fully saturated rings. The summed E-state index contributed by atoms with van der Waals surface area (Å²) in [7, 11) is 0. The van der Waals surface area contributed by atoms with Crippen LogP contribution in [0.4, 0.5) is 5.69 Å². The van der Waals surface area contributed by atoms with E-state index in [9.17, 15) is 0 Å². The summed E-state index contributed by atoms with van der Waals surface area (Å²) < 4.78 is 0. The molecular formula is C14H13N3. The van der Waals surface area contributed by atoms with Crippen molar-refractivity contribution >= 4 is 16.6 Å². The van der Waals surface area contributed by atoms with Crippen LogP contribution in [0.5, 0.6) is 0 Å². The Hall–Kier alpha value is -2.29. The lowest BCUT2D eigenvalue weighted by molar-refractivity contribution is 1.01. The second kappa shape index (κ2) is 3.94. The first-order valence-electron chi connectivity index (χ1n) is 5.60. The molecule has 0 saturated heterocycles. The minimum Gasteiger partial charge on any atom is -0.398 e. The molecule has 0 atom stereocenters. The highest BCUT2D eigenvalue weighted by atomic mass is 15.1. The van der Waals surface area contributed by atoms with Crippen LogP contribution in [0.25, 0.3) is 10.9 Å². The van der Waals surface area contributed by atoms with E-state index >= 15 is 0 Å². The predicted octanol–water partition coefficient (Wildman–Crippen LogP) is 2.74. The molecule has 3 rings (SSSR count). The SMILES string of the molecule is Nc1cccc2n[nH]c(Cc3ccccc3)c12. The Morgan fingerprint density at radius 1 is 1.00 bits per heavy atom. The van der Waals surface area contributed by atoms with Crippen molar-refractivity contribution in [3.05, 3.63) is 59.8 Å². The molecule has 3 heteroatoms. The smallest absolute Gasteiger partial charge is 0.0944 e. The molecule has 0 spiro atoms. The molecule has 2 aromatic carbocycles. The lowest BCUT2D eigenvalue weighted by Crippen LogP contribution is -1.91. The first kappa shape index (κ1) is 9.90.